The number of alkyl halides is 3. The van der Waals surface area contributed by atoms with Gasteiger partial charge in [-0.2, -0.15) is 13.2 Å². The molecule has 0 radical (unpaired) electrons. The Hall–Kier alpha value is -2.54. The zero-order valence-corrected chi connectivity index (χ0v) is 12.3. The van der Waals surface area contributed by atoms with E-state index in [4.69, 9.17) is 0 Å². The fraction of sp³-hybridized carbons (Fsp3) is 0.0625. The van der Waals surface area contributed by atoms with Gasteiger partial charge in [-0.15, -0.1) is 11.3 Å². The summed E-state index contributed by atoms with van der Waals surface area (Å²) in [6, 6.07) is 11.3. The first kappa shape index (κ1) is 15.4. The Morgan fingerprint density at radius 2 is 1.83 bits per heavy atom. The number of benzene rings is 2. The molecule has 3 nitrogen and oxygen atoms in total. The molecule has 1 heterocycles. The van der Waals surface area contributed by atoms with Gasteiger partial charge in [-0.3, -0.25) is 4.79 Å². The average molecular weight is 337 g/mol. The number of nitrogens with one attached hydrogen (secondary N) is 1. The van der Waals surface area contributed by atoms with Crippen LogP contribution in [0.4, 0.5) is 18.9 Å². The number of carbonyl (C=O) groups excluding carboxylic acids is 1. The van der Waals surface area contributed by atoms with Crippen molar-refractivity contribution in [2.45, 2.75) is 6.18 Å². The van der Waals surface area contributed by atoms with Crippen LogP contribution in [0.15, 0.2) is 48.5 Å². The van der Waals surface area contributed by atoms with Crippen molar-refractivity contribution >= 4 is 33.0 Å². The molecule has 0 spiro atoms. The van der Waals surface area contributed by atoms with Crippen molar-refractivity contribution in [2.24, 2.45) is 0 Å². The van der Waals surface area contributed by atoms with E-state index in [9.17, 15) is 23.1 Å². The Bertz CT molecular complexity index is 886. The zero-order valence-electron chi connectivity index (χ0n) is 11.5. The van der Waals surface area contributed by atoms with E-state index in [1.54, 1.807) is 24.3 Å². The smallest absolute Gasteiger partial charge is 0.416 e. The van der Waals surface area contributed by atoms with Gasteiger partial charge < -0.3 is 10.4 Å². The van der Waals surface area contributed by atoms with Crippen LogP contribution in [0.3, 0.4) is 0 Å². The van der Waals surface area contributed by atoms with Gasteiger partial charge in [-0.25, -0.2) is 0 Å². The summed E-state index contributed by atoms with van der Waals surface area (Å²) in [5.41, 5.74) is -0.836. The van der Waals surface area contributed by atoms with Gasteiger partial charge in [0.15, 0.2) is 0 Å². The average Bonchev–Trinajstić information content (AvgIpc) is 2.84. The van der Waals surface area contributed by atoms with E-state index in [2.05, 4.69) is 5.32 Å². The molecular weight excluding hydrogens is 327 g/mol. The monoisotopic (exact) mass is 337 g/mol. The van der Waals surface area contributed by atoms with Gasteiger partial charge in [-0.05, 0) is 30.3 Å². The fourth-order valence-electron chi connectivity index (χ4n) is 2.15. The third kappa shape index (κ3) is 3.00. The van der Waals surface area contributed by atoms with Crippen molar-refractivity contribution < 1.29 is 23.1 Å². The highest BCUT2D eigenvalue weighted by Crippen LogP contribution is 2.37. The van der Waals surface area contributed by atoms with Crippen molar-refractivity contribution in [2.75, 3.05) is 5.32 Å². The van der Waals surface area contributed by atoms with Crippen LogP contribution in [-0.4, -0.2) is 11.0 Å². The second-order valence-electron chi connectivity index (χ2n) is 4.81. The molecule has 3 aromatic rings. The number of carbonyl (C=O) groups is 1. The number of thiophene rings is 1. The van der Waals surface area contributed by atoms with Crippen molar-refractivity contribution in [3.8, 4) is 5.75 Å². The topological polar surface area (TPSA) is 49.3 Å². The summed E-state index contributed by atoms with van der Waals surface area (Å²) < 4.78 is 38.8. The number of amides is 1. The minimum absolute atomic E-state index is 0.0154. The molecule has 118 valence electrons. The summed E-state index contributed by atoms with van der Waals surface area (Å²) in [6.07, 6.45) is -4.49. The van der Waals surface area contributed by atoms with Crippen LogP contribution in [0.2, 0.25) is 0 Å². The molecule has 0 unspecified atom stereocenters. The standard InChI is InChI=1S/C16H10F3NO2S/c17-16(18,19)9-4-3-5-10(8-9)20-15(22)14-13(21)11-6-1-2-7-12(11)23-14/h1-8,21H,(H,20,22). The Balaban J connectivity index is 1.91. The first-order valence-corrected chi connectivity index (χ1v) is 7.37. The van der Waals surface area contributed by atoms with E-state index in [1.165, 1.54) is 12.1 Å². The lowest BCUT2D eigenvalue weighted by molar-refractivity contribution is -0.137. The Morgan fingerprint density at radius 3 is 2.52 bits per heavy atom. The SMILES string of the molecule is O=C(Nc1cccc(C(F)(F)F)c1)c1sc2ccccc2c1O. The quantitative estimate of drug-likeness (QED) is 0.700. The number of aromatic hydroxyl groups is 1. The van der Waals surface area contributed by atoms with Crippen LogP contribution in [0.5, 0.6) is 5.75 Å². The summed E-state index contributed by atoms with van der Waals surface area (Å²) in [7, 11) is 0. The van der Waals surface area contributed by atoms with Crippen LogP contribution < -0.4 is 5.32 Å². The van der Waals surface area contributed by atoms with Gasteiger partial charge in [0.05, 0.1) is 5.56 Å². The molecule has 0 atom stereocenters. The van der Waals surface area contributed by atoms with E-state index < -0.39 is 17.6 Å². The van der Waals surface area contributed by atoms with E-state index in [0.717, 1.165) is 28.2 Å². The maximum atomic E-state index is 12.7. The highest BCUT2D eigenvalue weighted by atomic mass is 32.1. The lowest BCUT2D eigenvalue weighted by atomic mass is 10.2. The molecule has 1 amide bonds. The van der Waals surface area contributed by atoms with Crippen LogP contribution in [0.1, 0.15) is 15.2 Å². The van der Waals surface area contributed by atoms with Crippen LogP contribution >= 0.6 is 11.3 Å². The number of halogens is 3. The van der Waals surface area contributed by atoms with Crippen molar-refractivity contribution in [1.29, 1.82) is 0 Å². The molecule has 0 aliphatic heterocycles. The molecule has 2 aromatic carbocycles. The van der Waals surface area contributed by atoms with Gasteiger partial charge in [0.25, 0.3) is 5.91 Å². The predicted octanol–water partition coefficient (Wildman–Crippen LogP) is 4.88. The minimum atomic E-state index is -4.49. The lowest BCUT2D eigenvalue weighted by Crippen LogP contribution is -2.12. The molecule has 0 saturated heterocycles. The maximum Gasteiger partial charge on any atom is 0.416 e. The summed E-state index contributed by atoms with van der Waals surface area (Å²) in [5.74, 6) is -0.821. The van der Waals surface area contributed by atoms with E-state index in [-0.39, 0.29) is 16.3 Å². The summed E-state index contributed by atoms with van der Waals surface area (Å²) >= 11 is 1.08. The van der Waals surface area contributed by atoms with Crippen molar-refractivity contribution in [3.05, 3.63) is 59.0 Å². The van der Waals surface area contributed by atoms with E-state index in [1.807, 2.05) is 0 Å². The van der Waals surface area contributed by atoms with E-state index >= 15 is 0 Å². The highest BCUT2D eigenvalue weighted by molar-refractivity contribution is 7.21. The van der Waals surface area contributed by atoms with Crippen molar-refractivity contribution in [1.82, 2.24) is 0 Å². The van der Waals surface area contributed by atoms with Crippen LogP contribution in [0.25, 0.3) is 10.1 Å². The molecule has 0 bridgehead atoms. The van der Waals surface area contributed by atoms with Gasteiger partial charge in [0.1, 0.15) is 10.6 Å². The number of hydrogen-bond acceptors (Lipinski definition) is 3. The third-order valence-electron chi connectivity index (χ3n) is 3.22. The normalized spacial score (nSPS) is 11.6. The Kier molecular flexibility index (Phi) is 3.73. The molecule has 2 N–H and O–H groups in total. The van der Waals surface area contributed by atoms with Gasteiger partial charge in [-0.1, -0.05) is 18.2 Å². The van der Waals surface area contributed by atoms with E-state index in [0.29, 0.717) is 5.39 Å². The third-order valence-corrected chi connectivity index (χ3v) is 4.38. The maximum absolute atomic E-state index is 12.7. The van der Waals surface area contributed by atoms with Crippen LogP contribution in [-0.2, 0) is 6.18 Å². The minimum Gasteiger partial charge on any atom is -0.506 e. The second kappa shape index (κ2) is 5.58. The Morgan fingerprint density at radius 1 is 1.09 bits per heavy atom. The predicted molar refractivity (Wildman–Crippen MR) is 82.9 cm³/mol. The number of hydrogen-bond donors (Lipinski definition) is 2. The Labute approximate surface area is 133 Å². The molecule has 7 heteroatoms. The molecule has 0 saturated carbocycles. The molecule has 0 aliphatic rings. The molecule has 0 fully saturated rings. The number of rotatable bonds is 2. The summed E-state index contributed by atoms with van der Waals surface area (Å²) in [4.78, 5) is 12.3. The molecule has 1 aromatic heterocycles. The van der Waals surface area contributed by atoms with Crippen molar-refractivity contribution in [3.63, 3.8) is 0 Å². The first-order valence-electron chi connectivity index (χ1n) is 6.55. The molecule has 0 aliphatic carbocycles. The van der Waals surface area contributed by atoms with Gasteiger partial charge in [0, 0.05) is 15.8 Å². The lowest BCUT2D eigenvalue weighted by Gasteiger charge is -2.09. The first-order chi connectivity index (χ1) is 10.9. The van der Waals surface area contributed by atoms with Crippen LogP contribution in [0, 0.1) is 0 Å². The molecular formula is C16H10F3NO2S. The number of anilines is 1. The zero-order chi connectivity index (χ0) is 16.6. The second-order valence-corrected chi connectivity index (χ2v) is 5.86. The number of fused-ring (bicyclic) bond motifs is 1. The molecule has 23 heavy (non-hydrogen) atoms. The highest BCUT2D eigenvalue weighted by Gasteiger charge is 2.30. The fourth-order valence-corrected chi connectivity index (χ4v) is 3.14. The van der Waals surface area contributed by atoms with Gasteiger partial charge >= 0.3 is 6.18 Å². The summed E-state index contributed by atoms with van der Waals surface area (Å²) in [6.45, 7) is 0. The largest absolute Gasteiger partial charge is 0.506 e. The van der Waals surface area contributed by atoms with Gasteiger partial charge in [0.2, 0.25) is 0 Å². The molecule has 3 rings (SSSR count). The summed E-state index contributed by atoms with van der Waals surface area (Å²) in [5, 5.41) is 13.0.